The van der Waals surface area contributed by atoms with Crippen molar-refractivity contribution in [1.82, 2.24) is 0 Å². The van der Waals surface area contributed by atoms with E-state index >= 15 is 0 Å². The van der Waals surface area contributed by atoms with Crippen LogP contribution in [0.3, 0.4) is 0 Å². The molecule has 1 fully saturated rings. The molecule has 116 valence electrons. The lowest BCUT2D eigenvalue weighted by Gasteiger charge is -2.28. The number of hydrogen-bond acceptors (Lipinski definition) is 3. The fourth-order valence-corrected chi connectivity index (χ4v) is 2.45. The molecular formula is C8H12F6O3S2. The fourth-order valence-electron chi connectivity index (χ4n) is 0.928. The van der Waals surface area contributed by atoms with Crippen LogP contribution in [0, 0.1) is 0 Å². The van der Waals surface area contributed by atoms with Crippen LogP contribution >= 0.6 is 11.8 Å². The van der Waals surface area contributed by atoms with Crippen molar-refractivity contribution in [2.24, 2.45) is 0 Å². The SMILES string of the molecule is C1CCSC1.CC(F)(F)C(F)(F)C(F)(F)S(=O)(=O)O. The molecule has 0 spiro atoms. The van der Waals surface area contributed by atoms with Gasteiger partial charge in [-0.25, -0.2) is 0 Å². The van der Waals surface area contributed by atoms with Crippen LogP contribution < -0.4 is 0 Å². The van der Waals surface area contributed by atoms with E-state index in [1.807, 2.05) is 0 Å². The third-order valence-corrected chi connectivity index (χ3v) is 4.13. The van der Waals surface area contributed by atoms with Gasteiger partial charge in [0.15, 0.2) is 0 Å². The van der Waals surface area contributed by atoms with Gasteiger partial charge in [-0.15, -0.1) is 0 Å². The van der Waals surface area contributed by atoms with Crippen molar-refractivity contribution >= 4 is 21.9 Å². The van der Waals surface area contributed by atoms with E-state index in [4.69, 9.17) is 4.55 Å². The van der Waals surface area contributed by atoms with Crippen molar-refractivity contribution in [2.45, 2.75) is 36.9 Å². The molecule has 0 aliphatic carbocycles. The molecule has 0 saturated carbocycles. The minimum absolute atomic E-state index is 0.591. The van der Waals surface area contributed by atoms with Crippen LogP contribution in [0.15, 0.2) is 0 Å². The summed E-state index contributed by atoms with van der Waals surface area (Å²) < 4.78 is 99.6. The summed E-state index contributed by atoms with van der Waals surface area (Å²) in [5, 5.41) is -6.24. The van der Waals surface area contributed by atoms with Crippen LogP contribution in [-0.4, -0.2) is 41.6 Å². The van der Waals surface area contributed by atoms with Crippen molar-refractivity contribution < 1.29 is 39.3 Å². The zero-order valence-electron chi connectivity index (χ0n) is 9.68. The third kappa shape index (κ3) is 4.42. The molecule has 1 saturated heterocycles. The molecule has 19 heavy (non-hydrogen) atoms. The van der Waals surface area contributed by atoms with Gasteiger partial charge in [0.2, 0.25) is 0 Å². The Labute approximate surface area is 110 Å². The van der Waals surface area contributed by atoms with Gasteiger partial charge in [0.05, 0.1) is 0 Å². The summed E-state index contributed by atoms with van der Waals surface area (Å²) in [5.74, 6) is -8.64. The van der Waals surface area contributed by atoms with Crippen LogP contribution in [0.5, 0.6) is 0 Å². The first-order valence-corrected chi connectivity index (χ1v) is 7.53. The van der Waals surface area contributed by atoms with E-state index in [0.29, 0.717) is 0 Å². The number of thioether (sulfide) groups is 1. The Hall–Kier alpha value is -0.160. The molecule has 3 nitrogen and oxygen atoms in total. The van der Waals surface area contributed by atoms with Gasteiger partial charge in [0.25, 0.3) is 0 Å². The van der Waals surface area contributed by atoms with Crippen LogP contribution in [0.4, 0.5) is 26.3 Å². The molecule has 0 aromatic heterocycles. The minimum atomic E-state index is -6.61. The summed E-state index contributed by atoms with van der Waals surface area (Å²) in [6.07, 6.45) is 2.93. The van der Waals surface area contributed by atoms with E-state index in [9.17, 15) is 34.8 Å². The quantitative estimate of drug-likeness (QED) is 0.636. The summed E-state index contributed by atoms with van der Waals surface area (Å²) in [4.78, 5) is 0. The molecule has 0 aromatic carbocycles. The smallest absolute Gasteiger partial charge is 0.281 e. The van der Waals surface area contributed by atoms with Gasteiger partial charge < -0.3 is 0 Å². The number of rotatable bonds is 3. The first-order chi connectivity index (χ1) is 8.25. The van der Waals surface area contributed by atoms with Crippen LogP contribution in [0.25, 0.3) is 0 Å². The predicted molar refractivity (Wildman–Crippen MR) is 58.6 cm³/mol. The molecule has 1 aliphatic heterocycles. The van der Waals surface area contributed by atoms with E-state index in [0.717, 1.165) is 0 Å². The average Bonchev–Trinajstić information content (AvgIpc) is 2.71. The molecular weight excluding hydrogens is 322 g/mol. The molecule has 1 rings (SSSR count). The van der Waals surface area contributed by atoms with E-state index in [1.165, 1.54) is 24.3 Å². The third-order valence-electron chi connectivity index (χ3n) is 2.07. The molecule has 1 heterocycles. The fraction of sp³-hybridized carbons (Fsp3) is 1.00. The zero-order chi connectivity index (χ0) is 15.5. The van der Waals surface area contributed by atoms with Gasteiger partial charge in [-0.05, 0) is 24.3 Å². The number of hydrogen-bond donors (Lipinski definition) is 1. The monoisotopic (exact) mass is 334 g/mol. The molecule has 1 N–H and O–H groups in total. The van der Waals surface area contributed by atoms with Crippen molar-refractivity contribution in [3.05, 3.63) is 0 Å². The predicted octanol–water partition coefficient (Wildman–Crippen LogP) is 3.27. The largest absolute Gasteiger partial charge is 0.437 e. The van der Waals surface area contributed by atoms with E-state index in [2.05, 4.69) is 11.8 Å². The highest BCUT2D eigenvalue weighted by molar-refractivity contribution is 7.99. The Morgan fingerprint density at radius 3 is 1.47 bits per heavy atom. The zero-order valence-corrected chi connectivity index (χ0v) is 11.3. The lowest BCUT2D eigenvalue weighted by atomic mass is 10.2. The van der Waals surface area contributed by atoms with Crippen molar-refractivity contribution in [1.29, 1.82) is 0 Å². The Morgan fingerprint density at radius 1 is 1.00 bits per heavy atom. The first-order valence-electron chi connectivity index (χ1n) is 4.93. The van der Waals surface area contributed by atoms with Crippen LogP contribution in [0.2, 0.25) is 0 Å². The summed E-state index contributed by atoms with van der Waals surface area (Å²) in [6, 6.07) is 0. The lowest BCUT2D eigenvalue weighted by molar-refractivity contribution is -0.273. The second kappa shape index (κ2) is 6.08. The normalized spacial score (nSPS) is 17.9. The van der Waals surface area contributed by atoms with E-state index < -0.39 is 34.1 Å². The topological polar surface area (TPSA) is 54.4 Å². The first kappa shape index (κ1) is 18.8. The van der Waals surface area contributed by atoms with Gasteiger partial charge in [0.1, 0.15) is 0 Å². The van der Waals surface area contributed by atoms with E-state index in [-0.39, 0.29) is 0 Å². The van der Waals surface area contributed by atoms with Crippen molar-refractivity contribution in [2.75, 3.05) is 11.5 Å². The number of halogens is 6. The molecule has 1 aliphatic rings. The standard InChI is InChI=1S/C4H4F6O3S.C4H8S/c1-2(5,6)3(7,8)4(9,10)14(11,12)13;1-2-4-5-3-1/h1H3,(H,11,12,13);1-4H2. The summed E-state index contributed by atoms with van der Waals surface area (Å²) in [5.41, 5.74) is 0. The molecule has 0 atom stereocenters. The Bertz CT molecular complexity index is 378. The van der Waals surface area contributed by atoms with Gasteiger partial charge in [-0.3, -0.25) is 4.55 Å². The highest BCUT2D eigenvalue weighted by Crippen LogP contribution is 2.47. The number of alkyl halides is 6. The van der Waals surface area contributed by atoms with Crippen LogP contribution in [-0.2, 0) is 10.1 Å². The molecule has 0 amide bonds. The maximum absolute atomic E-state index is 12.2. The molecule has 11 heteroatoms. The highest BCUT2D eigenvalue weighted by atomic mass is 32.2. The van der Waals surface area contributed by atoms with Crippen molar-refractivity contribution in [3.8, 4) is 0 Å². The summed E-state index contributed by atoms with van der Waals surface area (Å²) in [6.45, 7) is -0.591. The minimum Gasteiger partial charge on any atom is -0.281 e. The molecule has 0 unspecified atom stereocenters. The second-order valence-corrected chi connectivity index (χ2v) is 6.46. The Balaban J connectivity index is 0.000000532. The van der Waals surface area contributed by atoms with Crippen molar-refractivity contribution in [3.63, 3.8) is 0 Å². The van der Waals surface area contributed by atoms with Crippen LogP contribution in [0.1, 0.15) is 19.8 Å². The maximum atomic E-state index is 12.2. The molecule has 0 bridgehead atoms. The molecule has 0 aromatic rings. The van der Waals surface area contributed by atoms with Gasteiger partial charge in [-0.1, -0.05) is 0 Å². The molecule has 0 radical (unpaired) electrons. The average molecular weight is 334 g/mol. The summed E-state index contributed by atoms with van der Waals surface area (Å²) >= 11 is 2.07. The maximum Gasteiger partial charge on any atom is 0.437 e. The summed E-state index contributed by atoms with van der Waals surface area (Å²) in [7, 11) is -6.61. The second-order valence-electron chi connectivity index (χ2n) is 3.77. The van der Waals surface area contributed by atoms with E-state index in [1.54, 1.807) is 0 Å². The van der Waals surface area contributed by atoms with Gasteiger partial charge in [-0.2, -0.15) is 46.5 Å². The highest BCUT2D eigenvalue weighted by Gasteiger charge is 2.75. The Kier molecular flexibility index (Phi) is 6.03. The van der Waals surface area contributed by atoms with Gasteiger partial charge in [0, 0.05) is 6.92 Å². The van der Waals surface area contributed by atoms with Gasteiger partial charge >= 0.3 is 27.2 Å². The Morgan fingerprint density at radius 2 is 1.37 bits per heavy atom. The lowest BCUT2D eigenvalue weighted by Crippen LogP contribution is -2.56.